The SMILES string of the molecule is C=CNC(=C)CCC(C)N1Cc2nc(Cl)ccc2C1=C. The molecular formula is C16H20ClN3. The van der Waals surface area contributed by atoms with E-state index in [1.165, 1.54) is 0 Å². The molecule has 3 nitrogen and oxygen atoms in total. The molecular weight excluding hydrogens is 270 g/mol. The Morgan fingerprint density at radius 3 is 3.05 bits per heavy atom. The van der Waals surface area contributed by atoms with E-state index in [0.717, 1.165) is 42.0 Å². The predicted octanol–water partition coefficient (Wildman–Crippen LogP) is 3.94. The highest BCUT2D eigenvalue weighted by Crippen LogP contribution is 2.33. The largest absolute Gasteiger partial charge is 0.366 e. The van der Waals surface area contributed by atoms with Crippen LogP contribution in [-0.4, -0.2) is 15.9 Å². The molecule has 0 aromatic carbocycles. The van der Waals surface area contributed by atoms with Crippen LogP contribution in [0, 0.1) is 0 Å². The van der Waals surface area contributed by atoms with Gasteiger partial charge in [-0.15, -0.1) is 0 Å². The molecule has 0 saturated heterocycles. The van der Waals surface area contributed by atoms with Crippen molar-refractivity contribution in [2.45, 2.75) is 32.4 Å². The van der Waals surface area contributed by atoms with Crippen molar-refractivity contribution in [1.29, 1.82) is 0 Å². The van der Waals surface area contributed by atoms with Gasteiger partial charge in [0.2, 0.25) is 0 Å². The standard InChI is InChI=1S/C16H20ClN3/c1-5-18-11(2)6-7-12(3)20-10-15-14(13(20)4)8-9-16(17)19-15/h5,8-9,12,18H,1-2,4,6-7,10H2,3H3. The lowest BCUT2D eigenvalue weighted by atomic mass is 10.1. The minimum Gasteiger partial charge on any atom is -0.366 e. The van der Waals surface area contributed by atoms with Crippen LogP contribution < -0.4 is 5.32 Å². The van der Waals surface area contributed by atoms with E-state index in [1.807, 2.05) is 12.1 Å². The van der Waals surface area contributed by atoms with Crippen LogP contribution in [0.3, 0.4) is 0 Å². The first-order chi connectivity index (χ1) is 9.52. The van der Waals surface area contributed by atoms with Crippen LogP contribution >= 0.6 is 11.6 Å². The Morgan fingerprint density at radius 2 is 2.35 bits per heavy atom. The Labute approximate surface area is 125 Å². The number of hydrogen-bond donors (Lipinski definition) is 1. The number of nitrogens with one attached hydrogen (secondary N) is 1. The van der Waals surface area contributed by atoms with Gasteiger partial charge in [0.1, 0.15) is 5.15 Å². The number of allylic oxidation sites excluding steroid dienone is 1. The second-order valence-electron chi connectivity index (χ2n) is 5.04. The Hall–Kier alpha value is -1.74. The van der Waals surface area contributed by atoms with E-state index in [4.69, 9.17) is 11.6 Å². The van der Waals surface area contributed by atoms with Crippen LogP contribution in [0.15, 0.2) is 43.8 Å². The fourth-order valence-corrected chi connectivity index (χ4v) is 2.61. The minimum absolute atomic E-state index is 0.374. The molecule has 20 heavy (non-hydrogen) atoms. The van der Waals surface area contributed by atoms with Gasteiger partial charge in [0.15, 0.2) is 0 Å². The Bertz CT molecular complexity index is 551. The van der Waals surface area contributed by atoms with Crippen LogP contribution in [0.5, 0.6) is 0 Å². The van der Waals surface area contributed by atoms with Crippen LogP contribution in [0.4, 0.5) is 0 Å². The summed E-state index contributed by atoms with van der Waals surface area (Å²) in [6, 6.07) is 4.19. The summed E-state index contributed by atoms with van der Waals surface area (Å²) in [4.78, 5) is 6.65. The second-order valence-corrected chi connectivity index (χ2v) is 5.43. The average Bonchev–Trinajstić information content (AvgIpc) is 2.73. The van der Waals surface area contributed by atoms with E-state index in [0.29, 0.717) is 11.2 Å². The Kier molecular flexibility index (Phi) is 4.50. The quantitative estimate of drug-likeness (QED) is 0.804. The molecule has 2 rings (SSSR count). The van der Waals surface area contributed by atoms with Crippen LogP contribution in [0.25, 0.3) is 5.70 Å². The van der Waals surface area contributed by atoms with Crippen molar-refractivity contribution in [3.05, 3.63) is 60.2 Å². The summed E-state index contributed by atoms with van der Waals surface area (Å²) in [5.41, 5.74) is 4.12. The van der Waals surface area contributed by atoms with Gasteiger partial charge in [-0.05, 0) is 38.1 Å². The van der Waals surface area contributed by atoms with E-state index in [2.05, 4.69) is 41.9 Å². The second kappa shape index (κ2) is 6.14. The van der Waals surface area contributed by atoms with Crippen molar-refractivity contribution in [2.75, 3.05) is 0 Å². The van der Waals surface area contributed by atoms with Gasteiger partial charge in [0.05, 0.1) is 12.2 Å². The van der Waals surface area contributed by atoms with E-state index in [1.54, 1.807) is 6.20 Å². The summed E-state index contributed by atoms with van der Waals surface area (Å²) in [6.07, 6.45) is 3.56. The summed E-state index contributed by atoms with van der Waals surface area (Å²) < 4.78 is 0. The summed E-state index contributed by atoms with van der Waals surface area (Å²) in [6.45, 7) is 14.7. The number of pyridine rings is 1. The molecule has 0 amide bonds. The number of rotatable bonds is 6. The maximum absolute atomic E-state index is 5.95. The maximum atomic E-state index is 5.95. The van der Waals surface area contributed by atoms with Crippen molar-refractivity contribution in [3.8, 4) is 0 Å². The first-order valence-corrected chi connectivity index (χ1v) is 7.07. The number of aromatic nitrogens is 1. The van der Waals surface area contributed by atoms with Gasteiger partial charge in [-0.1, -0.05) is 31.3 Å². The zero-order valence-electron chi connectivity index (χ0n) is 11.8. The van der Waals surface area contributed by atoms with E-state index < -0.39 is 0 Å². The molecule has 0 spiro atoms. The highest BCUT2D eigenvalue weighted by molar-refractivity contribution is 6.29. The lowest BCUT2D eigenvalue weighted by Crippen LogP contribution is -2.27. The monoisotopic (exact) mass is 289 g/mol. The Balaban J connectivity index is 1.99. The van der Waals surface area contributed by atoms with Gasteiger partial charge < -0.3 is 10.2 Å². The van der Waals surface area contributed by atoms with Gasteiger partial charge in [-0.3, -0.25) is 0 Å². The third-order valence-electron chi connectivity index (χ3n) is 3.62. The number of fused-ring (bicyclic) bond motifs is 1. The fraction of sp³-hybridized carbons (Fsp3) is 0.312. The minimum atomic E-state index is 0.374. The normalized spacial score (nSPS) is 14.9. The number of halogens is 1. The zero-order chi connectivity index (χ0) is 14.7. The van der Waals surface area contributed by atoms with Crippen LogP contribution in [0.1, 0.15) is 31.0 Å². The zero-order valence-corrected chi connectivity index (χ0v) is 12.6. The van der Waals surface area contributed by atoms with Gasteiger partial charge in [-0.2, -0.15) is 0 Å². The molecule has 0 radical (unpaired) electrons. The summed E-state index contributed by atoms with van der Waals surface area (Å²) in [5.74, 6) is 0. The Morgan fingerprint density at radius 1 is 1.60 bits per heavy atom. The molecule has 1 aromatic rings. The molecule has 1 atom stereocenters. The molecule has 1 aromatic heterocycles. The van der Waals surface area contributed by atoms with Gasteiger partial charge in [-0.25, -0.2) is 4.98 Å². The smallest absolute Gasteiger partial charge is 0.129 e. The van der Waals surface area contributed by atoms with Crippen LogP contribution in [-0.2, 0) is 6.54 Å². The first kappa shape index (κ1) is 14.7. The third kappa shape index (κ3) is 3.05. The molecule has 0 fully saturated rings. The average molecular weight is 290 g/mol. The van der Waals surface area contributed by atoms with E-state index >= 15 is 0 Å². The molecule has 1 aliphatic heterocycles. The molecule has 106 valence electrons. The van der Waals surface area contributed by atoms with Crippen molar-refractivity contribution in [2.24, 2.45) is 0 Å². The van der Waals surface area contributed by atoms with Crippen molar-refractivity contribution in [3.63, 3.8) is 0 Å². The third-order valence-corrected chi connectivity index (χ3v) is 3.83. The molecule has 4 heteroatoms. The molecule has 2 heterocycles. The van der Waals surface area contributed by atoms with E-state index in [-0.39, 0.29) is 0 Å². The highest BCUT2D eigenvalue weighted by Gasteiger charge is 2.27. The highest BCUT2D eigenvalue weighted by atomic mass is 35.5. The topological polar surface area (TPSA) is 28.2 Å². The maximum Gasteiger partial charge on any atom is 0.129 e. The lowest BCUT2D eigenvalue weighted by molar-refractivity contribution is 0.301. The number of hydrogen-bond acceptors (Lipinski definition) is 3. The predicted molar refractivity (Wildman–Crippen MR) is 85.0 cm³/mol. The van der Waals surface area contributed by atoms with Crippen LogP contribution in [0.2, 0.25) is 5.15 Å². The van der Waals surface area contributed by atoms with Gasteiger partial charge in [0, 0.05) is 23.0 Å². The summed E-state index contributed by atoms with van der Waals surface area (Å²) in [7, 11) is 0. The molecule has 0 saturated carbocycles. The molecule has 1 aliphatic rings. The van der Waals surface area contributed by atoms with Gasteiger partial charge in [0.25, 0.3) is 0 Å². The summed E-state index contributed by atoms with van der Waals surface area (Å²) >= 11 is 5.95. The van der Waals surface area contributed by atoms with Crippen molar-refractivity contribution in [1.82, 2.24) is 15.2 Å². The van der Waals surface area contributed by atoms with Gasteiger partial charge >= 0.3 is 0 Å². The summed E-state index contributed by atoms with van der Waals surface area (Å²) in [5, 5.41) is 3.56. The van der Waals surface area contributed by atoms with E-state index in [9.17, 15) is 0 Å². The molecule has 0 bridgehead atoms. The van der Waals surface area contributed by atoms with Crippen molar-refractivity contribution >= 4 is 17.3 Å². The first-order valence-electron chi connectivity index (χ1n) is 6.69. The van der Waals surface area contributed by atoms with Crippen molar-refractivity contribution < 1.29 is 0 Å². The number of nitrogens with zero attached hydrogens (tertiary/aromatic N) is 2. The lowest BCUT2D eigenvalue weighted by Gasteiger charge is -2.27. The molecule has 0 aliphatic carbocycles. The molecule has 1 N–H and O–H groups in total. The fourth-order valence-electron chi connectivity index (χ4n) is 2.45. The molecule has 1 unspecified atom stereocenters.